The highest BCUT2D eigenvalue weighted by Gasteiger charge is 2.21. The van der Waals surface area contributed by atoms with Crippen LogP contribution in [0.3, 0.4) is 0 Å². The highest BCUT2D eigenvalue weighted by atomic mass is 127. The van der Waals surface area contributed by atoms with Gasteiger partial charge in [0.25, 0.3) is 11.7 Å². The van der Waals surface area contributed by atoms with Crippen LogP contribution in [0.1, 0.15) is 30.0 Å². The summed E-state index contributed by atoms with van der Waals surface area (Å²) in [5, 5.41) is 0. The molecule has 0 N–H and O–H groups in total. The van der Waals surface area contributed by atoms with Crippen molar-refractivity contribution in [2.75, 3.05) is 14.1 Å². The van der Waals surface area contributed by atoms with Crippen molar-refractivity contribution in [3.63, 3.8) is 0 Å². The molecular formula is C15H22IN3O. The molecule has 1 aromatic carbocycles. The number of nitrogens with zero attached hydrogens (tertiary/aromatic N) is 3. The van der Waals surface area contributed by atoms with Crippen molar-refractivity contribution in [1.82, 2.24) is 9.47 Å². The smallest absolute Gasteiger partial charge is 0.254 e. The third kappa shape index (κ3) is 2.68. The minimum absolute atomic E-state index is 0. The molecule has 110 valence electrons. The third-order valence-corrected chi connectivity index (χ3v) is 3.62. The van der Waals surface area contributed by atoms with Gasteiger partial charge in [0.2, 0.25) is 0 Å². The van der Waals surface area contributed by atoms with E-state index < -0.39 is 0 Å². The molecule has 1 amide bonds. The first kappa shape index (κ1) is 16.9. The van der Waals surface area contributed by atoms with E-state index in [0.717, 1.165) is 24.2 Å². The van der Waals surface area contributed by atoms with Crippen LogP contribution in [0.25, 0.3) is 11.0 Å². The third-order valence-electron chi connectivity index (χ3n) is 3.62. The van der Waals surface area contributed by atoms with E-state index in [1.807, 2.05) is 12.1 Å². The van der Waals surface area contributed by atoms with Crippen LogP contribution in [-0.4, -0.2) is 29.5 Å². The summed E-state index contributed by atoms with van der Waals surface area (Å²) in [7, 11) is 3.56. The lowest BCUT2D eigenvalue weighted by Gasteiger charge is -2.09. The molecule has 1 aromatic heterocycles. The Morgan fingerprint density at radius 2 is 1.95 bits per heavy atom. The van der Waals surface area contributed by atoms with E-state index in [2.05, 4.69) is 36.0 Å². The number of carbonyl (C=O) groups is 1. The standard InChI is InChI=1S/C15H22N3O.HI/c1-6-17-11(3)18(7-2)14-10-12(8-9-13(14)17)15(19)16(4)5;/h8-10H,6-7H2,1-5H3;1H/q+1;/p-1. The number of hydrogen-bond acceptors (Lipinski definition) is 1. The molecule has 0 saturated heterocycles. The predicted molar refractivity (Wildman–Crippen MR) is 76.2 cm³/mol. The first-order chi connectivity index (χ1) is 9.01. The fraction of sp³-hybridized carbons (Fsp3) is 0.467. The molecule has 2 aromatic rings. The van der Waals surface area contributed by atoms with Gasteiger partial charge in [-0.2, -0.15) is 0 Å². The van der Waals surface area contributed by atoms with E-state index in [0.29, 0.717) is 0 Å². The SMILES string of the molecule is CCn1c(C)[n+](CC)c2ccc(C(=O)N(C)C)cc21.[I-]. The van der Waals surface area contributed by atoms with Gasteiger partial charge in [-0.05, 0) is 26.0 Å². The van der Waals surface area contributed by atoms with E-state index in [9.17, 15) is 4.79 Å². The second-order valence-corrected chi connectivity index (χ2v) is 4.94. The van der Waals surface area contributed by atoms with Crippen molar-refractivity contribution in [3.05, 3.63) is 29.6 Å². The van der Waals surface area contributed by atoms with E-state index in [1.54, 1.807) is 19.0 Å². The van der Waals surface area contributed by atoms with Gasteiger partial charge in [0.15, 0.2) is 11.0 Å². The molecule has 0 aliphatic rings. The lowest BCUT2D eigenvalue weighted by Crippen LogP contribution is -3.00. The van der Waals surface area contributed by atoms with E-state index >= 15 is 0 Å². The molecule has 4 nitrogen and oxygen atoms in total. The molecule has 0 atom stereocenters. The Morgan fingerprint density at radius 3 is 2.45 bits per heavy atom. The quantitative estimate of drug-likeness (QED) is 0.490. The van der Waals surface area contributed by atoms with E-state index in [1.165, 1.54) is 11.3 Å². The molecule has 0 fully saturated rings. The van der Waals surface area contributed by atoms with Gasteiger partial charge >= 0.3 is 0 Å². The van der Waals surface area contributed by atoms with Gasteiger partial charge in [0.1, 0.15) is 0 Å². The normalized spacial score (nSPS) is 10.4. The topological polar surface area (TPSA) is 29.1 Å². The zero-order chi connectivity index (χ0) is 14.2. The fourth-order valence-electron chi connectivity index (χ4n) is 2.65. The van der Waals surface area contributed by atoms with Gasteiger partial charge in [-0.25, -0.2) is 9.13 Å². The summed E-state index contributed by atoms with van der Waals surface area (Å²) in [5.41, 5.74) is 3.07. The summed E-state index contributed by atoms with van der Waals surface area (Å²) in [6.07, 6.45) is 0. The lowest BCUT2D eigenvalue weighted by atomic mass is 10.1. The number of amides is 1. The molecule has 2 rings (SSSR count). The number of aryl methyl sites for hydroxylation is 2. The van der Waals surface area contributed by atoms with Crippen LogP contribution in [-0.2, 0) is 13.1 Å². The van der Waals surface area contributed by atoms with Gasteiger partial charge < -0.3 is 28.9 Å². The number of fused-ring (bicyclic) bond motifs is 1. The van der Waals surface area contributed by atoms with E-state index in [4.69, 9.17) is 0 Å². The molecule has 0 aliphatic carbocycles. The Bertz CT molecular complexity index is 632. The van der Waals surface area contributed by atoms with Crippen molar-refractivity contribution in [2.24, 2.45) is 0 Å². The molecule has 1 heterocycles. The summed E-state index contributed by atoms with van der Waals surface area (Å²) >= 11 is 0. The van der Waals surface area contributed by atoms with Crippen molar-refractivity contribution < 1.29 is 33.3 Å². The highest BCUT2D eigenvalue weighted by Crippen LogP contribution is 2.17. The van der Waals surface area contributed by atoms with Crippen LogP contribution >= 0.6 is 0 Å². The summed E-state index contributed by atoms with van der Waals surface area (Å²) in [5.74, 6) is 1.28. The molecular weight excluding hydrogens is 365 g/mol. The largest absolute Gasteiger partial charge is 1.00 e. The number of hydrogen-bond donors (Lipinski definition) is 0. The Hall–Kier alpha value is -1.11. The van der Waals surface area contributed by atoms with Crippen molar-refractivity contribution in [2.45, 2.75) is 33.9 Å². The van der Waals surface area contributed by atoms with Crippen LogP contribution in [0.4, 0.5) is 0 Å². The highest BCUT2D eigenvalue weighted by molar-refractivity contribution is 5.96. The maximum atomic E-state index is 12.1. The maximum absolute atomic E-state index is 12.1. The van der Waals surface area contributed by atoms with Crippen molar-refractivity contribution in [3.8, 4) is 0 Å². The summed E-state index contributed by atoms with van der Waals surface area (Å²) < 4.78 is 4.54. The van der Waals surface area contributed by atoms with Crippen LogP contribution in [0.2, 0.25) is 0 Å². The molecule has 5 heteroatoms. The monoisotopic (exact) mass is 387 g/mol. The number of benzene rings is 1. The zero-order valence-electron chi connectivity index (χ0n) is 12.8. The van der Waals surface area contributed by atoms with Crippen LogP contribution in [0, 0.1) is 6.92 Å². The number of carbonyl (C=O) groups excluding carboxylic acids is 1. The molecule has 0 bridgehead atoms. The minimum atomic E-state index is 0. The molecule has 0 radical (unpaired) electrons. The average Bonchev–Trinajstić information content (AvgIpc) is 2.67. The molecule has 20 heavy (non-hydrogen) atoms. The molecule has 0 spiro atoms. The number of aromatic nitrogens is 2. The average molecular weight is 387 g/mol. The first-order valence-electron chi connectivity index (χ1n) is 6.75. The second-order valence-electron chi connectivity index (χ2n) is 4.94. The number of rotatable bonds is 3. The Balaban J connectivity index is 0.00000200. The van der Waals surface area contributed by atoms with Gasteiger partial charge in [-0.1, -0.05) is 0 Å². The second kappa shape index (κ2) is 6.56. The minimum Gasteiger partial charge on any atom is -1.00 e. The Morgan fingerprint density at radius 1 is 1.30 bits per heavy atom. The zero-order valence-corrected chi connectivity index (χ0v) is 14.9. The van der Waals surface area contributed by atoms with Gasteiger partial charge in [0, 0.05) is 32.6 Å². The number of imidazole rings is 1. The Kier molecular flexibility index (Phi) is 5.56. The fourth-order valence-corrected chi connectivity index (χ4v) is 2.65. The van der Waals surface area contributed by atoms with Crippen molar-refractivity contribution >= 4 is 16.9 Å². The first-order valence-corrected chi connectivity index (χ1v) is 6.75. The molecule has 0 unspecified atom stereocenters. The van der Waals surface area contributed by atoms with Gasteiger partial charge in [-0.3, -0.25) is 4.79 Å². The summed E-state index contributed by atoms with van der Waals surface area (Å²) in [6.45, 7) is 8.25. The molecule has 0 saturated carbocycles. The van der Waals surface area contributed by atoms with Gasteiger partial charge in [-0.15, -0.1) is 0 Å². The van der Waals surface area contributed by atoms with Crippen molar-refractivity contribution in [1.29, 1.82) is 0 Å². The number of halogens is 1. The molecule has 0 aliphatic heterocycles. The summed E-state index contributed by atoms with van der Waals surface area (Å²) in [4.78, 5) is 13.7. The predicted octanol–water partition coefficient (Wildman–Crippen LogP) is -1.02. The maximum Gasteiger partial charge on any atom is 0.254 e. The Labute approximate surface area is 137 Å². The van der Waals surface area contributed by atoms with Crippen LogP contribution in [0.5, 0.6) is 0 Å². The van der Waals surface area contributed by atoms with Gasteiger partial charge in [0.05, 0.1) is 13.1 Å². The van der Waals surface area contributed by atoms with Crippen LogP contribution < -0.4 is 28.5 Å². The lowest BCUT2D eigenvalue weighted by molar-refractivity contribution is -0.674. The van der Waals surface area contributed by atoms with E-state index in [-0.39, 0.29) is 29.9 Å². The summed E-state index contributed by atoms with van der Waals surface area (Å²) in [6, 6.07) is 5.96. The van der Waals surface area contributed by atoms with Crippen LogP contribution in [0.15, 0.2) is 18.2 Å².